The van der Waals surface area contributed by atoms with Crippen molar-refractivity contribution in [3.8, 4) is 0 Å². The summed E-state index contributed by atoms with van der Waals surface area (Å²) in [6.07, 6.45) is -1.53. The molecule has 0 spiro atoms. The van der Waals surface area contributed by atoms with E-state index in [9.17, 15) is 31.5 Å². The maximum Gasteiger partial charge on any atom is 0.417 e. The molecule has 1 aromatic carbocycles. The lowest BCUT2D eigenvalue weighted by molar-refractivity contribution is -0.137. The summed E-state index contributed by atoms with van der Waals surface area (Å²) in [5.74, 6) is -3.75. The van der Waals surface area contributed by atoms with Gasteiger partial charge in [-0.05, 0) is 31.0 Å². The Labute approximate surface area is 177 Å². The minimum Gasteiger partial charge on any atom is -0.367 e. The molecule has 0 unspecified atom stereocenters. The molecule has 2 amide bonds. The molecule has 2 heterocycles. The molecule has 168 valence electrons. The fourth-order valence-corrected chi connectivity index (χ4v) is 3.36. The van der Waals surface area contributed by atoms with Crippen molar-refractivity contribution in [1.29, 1.82) is 0 Å². The van der Waals surface area contributed by atoms with Gasteiger partial charge < -0.3 is 20.9 Å². The number of hydrogen-bond acceptors (Lipinski definition) is 4. The summed E-state index contributed by atoms with van der Waals surface area (Å²) in [4.78, 5) is 30.7. The molecule has 1 saturated carbocycles. The Bertz CT molecular complexity index is 1170. The Morgan fingerprint density at radius 3 is 2.41 bits per heavy atom. The van der Waals surface area contributed by atoms with Crippen molar-refractivity contribution in [3.63, 3.8) is 0 Å². The lowest BCUT2D eigenvalue weighted by atomic mass is 9.86. The zero-order valence-corrected chi connectivity index (χ0v) is 16.2. The Hall–Kier alpha value is -3.70. The molecule has 3 aromatic rings. The van der Waals surface area contributed by atoms with Crippen molar-refractivity contribution in [2.45, 2.75) is 31.1 Å². The first-order valence-corrected chi connectivity index (χ1v) is 9.48. The Morgan fingerprint density at radius 2 is 1.75 bits per heavy atom. The number of H-pyrrole nitrogens is 1. The van der Waals surface area contributed by atoms with Gasteiger partial charge in [0, 0.05) is 35.9 Å². The van der Waals surface area contributed by atoms with Gasteiger partial charge in [0.05, 0.1) is 16.8 Å². The average molecular weight is 453 g/mol. The largest absolute Gasteiger partial charge is 0.417 e. The molecular weight excluding hydrogens is 437 g/mol. The number of aromatic nitrogens is 2. The molecular formula is C20H16F5N5O2. The van der Waals surface area contributed by atoms with Gasteiger partial charge >= 0.3 is 18.0 Å². The van der Waals surface area contributed by atoms with Crippen LogP contribution in [0.4, 0.5) is 33.5 Å². The number of rotatable bonds is 4. The van der Waals surface area contributed by atoms with Crippen LogP contribution >= 0.6 is 0 Å². The van der Waals surface area contributed by atoms with Crippen LogP contribution in [0.15, 0.2) is 36.7 Å². The Morgan fingerprint density at radius 1 is 1.03 bits per heavy atom. The van der Waals surface area contributed by atoms with Crippen molar-refractivity contribution < 1.29 is 31.5 Å². The van der Waals surface area contributed by atoms with E-state index in [4.69, 9.17) is 0 Å². The zero-order chi connectivity index (χ0) is 23.0. The second-order valence-electron chi connectivity index (χ2n) is 7.38. The minimum absolute atomic E-state index is 0.126. The summed E-state index contributed by atoms with van der Waals surface area (Å²) in [6.45, 7) is 0. The van der Waals surface area contributed by atoms with Gasteiger partial charge in [0.2, 0.25) is 0 Å². The van der Waals surface area contributed by atoms with Gasteiger partial charge in [-0.3, -0.25) is 9.59 Å². The predicted molar refractivity (Wildman–Crippen MR) is 105 cm³/mol. The molecule has 4 N–H and O–H groups in total. The summed E-state index contributed by atoms with van der Waals surface area (Å²) in [5.41, 5.74) is -0.471. The van der Waals surface area contributed by atoms with Crippen LogP contribution < -0.4 is 16.0 Å². The summed E-state index contributed by atoms with van der Waals surface area (Å²) >= 11 is 0. The number of halogens is 5. The zero-order valence-electron chi connectivity index (χ0n) is 16.2. The predicted octanol–water partition coefficient (Wildman–Crippen LogP) is 3.56. The maximum absolute atomic E-state index is 13.5. The van der Waals surface area contributed by atoms with Gasteiger partial charge in [-0.15, -0.1) is 0 Å². The van der Waals surface area contributed by atoms with Crippen LogP contribution in [0.3, 0.4) is 0 Å². The normalized spacial score (nSPS) is 18.2. The van der Waals surface area contributed by atoms with Crippen molar-refractivity contribution in [3.05, 3.63) is 53.9 Å². The number of carbonyl (C=O) groups is 2. The fraction of sp³-hybridized carbons (Fsp3) is 0.250. The smallest absolute Gasteiger partial charge is 0.367 e. The Balaban J connectivity index is 1.27. The van der Waals surface area contributed by atoms with Gasteiger partial charge in [0.25, 0.3) is 0 Å². The number of aromatic amines is 1. The first-order chi connectivity index (χ1) is 15.1. The summed E-state index contributed by atoms with van der Waals surface area (Å²) in [6, 6.07) is 3.55. The summed E-state index contributed by atoms with van der Waals surface area (Å²) in [7, 11) is 0. The van der Waals surface area contributed by atoms with Gasteiger partial charge in [0.1, 0.15) is 5.82 Å². The van der Waals surface area contributed by atoms with Gasteiger partial charge in [-0.25, -0.2) is 13.8 Å². The third kappa shape index (κ3) is 4.48. The molecule has 32 heavy (non-hydrogen) atoms. The van der Waals surface area contributed by atoms with Crippen molar-refractivity contribution in [1.82, 2.24) is 15.3 Å². The monoisotopic (exact) mass is 453 g/mol. The van der Waals surface area contributed by atoms with Gasteiger partial charge in [-0.2, -0.15) is 13.2 Å². The third-order valence-electron chi connectivity index (χ3n) is 5.09. The maximum atomic E-state index is 13.5. The topological polar surface area (TPSA) is 98.9 Å². The number of hydrogen-bond donors (Lipinski definition) is 4. The Kier molecular flexibility index (Phi) is 5.45. The van der Waals surface area contributed by atoms with Crippen LogP contribution in [0, 0.1) is 11.6 Å². The van der Waals surface area contributed by atoms with Gasteiger partial charge in [0.15, 0.2) is 11.6 Å². The molecule has 12 heteroatoms. The first-order valence-electron chi connectivity index (χ1n) is 9.48. The van der Waals surface area contributed by atoms with E-state index in [2.05, 4.69) is 25.9 Å². The third-order valence-corrected chi connectivity index (χ3v) is 5.09. The van der Waals surface area contributed by atoms with E-state index >= 15 is 0 Å². The molecule has 1 fully saturated rings. The molecule has 4 rings (SSSR count). The van der Waals surface area contributed by atoms with E-state index in [0.717, 1.165) is 24.4 Å². The van der Waals surface area contributed by atoms with Crippen molar-refractivity contribution >= 4 is 34.2 Å². The molecule has 0 atom stereocenters. The highest BCUT2D eigenvalue weighted by Crippen LogP contribution is 2.30. The van der Waals surface area contributed by atoms with Gasteiger partial charge in [-0.1, -0.05) is 0 Å². The van der Waals surface area contributed by atoms with E-state index in [1.54, 1.807) is 0 Å². The second-order valence-corrected chi connectivity index (χ2v) is 7.38. The van der Waals surface area contributed by atoms with Crippen molar-refractivity contribution in [2.75, 3.05) is 10.6 Å². The van der Waals surface area contributed by atoms with E-state index in [1.807, 2.05) is 0 Å². The number of pyridine rings is 1. The van der Waals surface area contributed by atoms with Crippen LogP contribution in [-0.4, -0.2) is 33.9 Å². The summed E-state index contributed by atoms with van der Waals surface area (Å²) < 4.78 is 64.4. The molecule has 0 bridgehead atoms. The number of carbonyl (C=O) groups excluding carboxylic acids is 2. The number of anilines is 2. The fourth-order valence-electron chi connectivity index (χ4n) is 3.36. The number of fused-ring (bicyclic) bond motifs is 1. The van der Waals surface area contributed by atoms with Crippen LogP contribution in [0.5, 0.6) is 0 Å². The van der Waals surface area contributed by atoms with Crippen LogP contribution in [0.25, 0.3) is 10.9 Å². The number of alkyl halides is 3. The lowest BCUT2D eigenvalue weighted by Crippen LogP contribution is -2.52. The lowest BCUT2D eigenvalue weighted by Gasteiger charge is -2.36. The molecule has 1 aliphatic rings. The highest BCUT2D eigenvalue weighted by molar-refractivity contribution is 6.40. The van der Waals surface area contributed by atoms with E-state index in [1.165, 1.54) is 12.3 Å². The quantitative estimate of drug-likeness (QED) is 0.359. The molecule has 0 saturated heterocycles. The minimum atomic E-state index is -4.46. The van der Waals surface area contributed by atoms with E-state index in [0.29, 0.717) is 12.8 Å². The van der Waals surface area contributed by atoms with Crippen LogP contribution in [-0.2, 0) is 15.8 Å². The second kappa shape index (κ2) is 8.09. The number of benzene rings is 1. The highest BCUT2D eigenvalue weighted by atomic mass is 19.4. The summed E-state index contributed by atoms with van der Waals surface area (Å²) in [5, 5.41) is 8.05. The number of nitrogens with one attached hydrogen (secondary N) is 4. The number of amides is 2. The van der Waals surface area contributed by atoms with Crippen LogP contribution in [0.1, 0.15) is 18.4 Å². The standard InChI is InChI=1S/C20H16F5N5O2/c21-13-5-12-15(6-14(13)22)26-8-16(12)30-19(32)18(31)29-11-3-10(4-11)28-17-2-1-9(7-27-17)20(23,24)25/h1-2,5-8,10-11,26H,3-4H2,(H,27,28)(H,29,31)(H,30,32)/t10-,11-. The SMILES string of the molecule is O=C(Nc1c[nH]c2cc(F)c(F)cc12)C(=O)N[C@H]1C[C@H](Nc2ccc(C(F)(F)F)cn2)C1. The van der Waals surface area contributed by atoms with Crippen molar-refractivity contribution in [2.24, 2.45) is 0 Å². The number of nitrogens with zero attached hydrogens (tertiary/aromatic N) is 1. The molecule has 1 aliphatic carbocycles. The average Bonchev–Trinajstić information content (AvgIpc) is 3.07. The van der Waals surface area contributed by atoms with E-state index < -0.39 is 35.2 Å². The molecule has 7 nitrogen and oxygen atoms in total. The molecule has 0 aliphatic heterocycles. The van der Waals surface area contributed by atoms with Crippen LogP contribution in [0.2, 0.25) is 0 Å². The molecule has 2 aromatic heterocycles. The first kappa shape index (κ1) is 21.5. The highest BCUT2D eigenvalue weighted by Gasteiger charge is 2.33. The molecule has 0 radical (unpaired) electrons. The van der Waals surface area contributed by atoms with E-state index in [-0.39, 0.29) is 34.5 Å².